The normalized spacial score (nSPS) is 11.8. The third-order valence-electron chi connectivity index (χ3n) is 3.93. The van der Waals surface area contributed by atoms with E-state index in [2.05, 4.69) is 19.7 Å². The number of ether oxygens (including phenoxy) is 3. The third-order valence-corrected chi connectivity index (χ3v) is 3.93. The van der Waals surface area contributed by atoms with Gasteiger partial charge in [-0.05, 0) is 47.6 Å². The molecule has 9 nitrogen and oxygen atoms in total. The molecule has 40 heavy (non-hydrogen) atoms. The fourth-order valence-electron chi connectivity index (χ4n) is 2.60. The summed E-state index contributed by atoms with van der Waals surface area (Å²) in [6.07, 6.45) is -10.3. The summed E-state index contributed by atoms with van der Waals surface area (Å²) < 4.78 is 91.7. The predicted molar refractivity (Wildman–Crippen MR) is 129 cm³/mol. The monoisotopic (exact) mass is 588 g/mol. The minimum atomic E-state index is -5.17. The van der Waals surface area contributed by atoms with Crippen molar-refractivity contribution in [2.75, 3.05) is 0 Å². The Morgan fingerprint density at radius 1 is 0.800 bits per heavy atom. The molecule has 0 saturated carbocycles. The van der Waals surface area contributed by atoms with Crippen molar-refractivity contribution >= 4 is 12.2 Å². The molecule has 2 aromatic heterocycles. The van der Waals surface area contributed by atoms with E-state index in [1.54, 1.807) is 0 Å². The highest BCUT2D eigenvalue weighted by Gasteiger charge is 2.36. The van der Waals surface area contributed by atoms with E-state index in [0.29, 0.717) is 11.1 Å². The summed E-state index contributed by atoms with van der Waals surface area (Å²) in [4.78, 5) is 36.1. The first-order valence-corrected chi connectivity index (χ1v) is 11.5. The molecule has 0 fully saturated rings. The van der Waals surface area contributed by atoms with E-state index in [-0.39, 0.29) is 21.5 Å². The first-order valence-electron chi connectivity index (χ1n) is 11.5. The molecule has 2 aromatic rings. The lowest BCUT2D eigenvalue weighted by atomic mass is 10.1. The summed E-state index contributed by atoms with van der Waals surface area (Å²) in [5.74, 6) is -2.31. The van der Waals surface area contributed by atoms with E-state index in [4.69, 9.17) is 9.47 Å². The highest BCUT2D eigenvalue weighted by molar-refractivity contribution is 5.88. The van der Waals surface area contributed by atoms with Crippen molar-refractivity contribution in [1.82, 2.24) is 19.9 Å². The van der Waals surface area contributed by atoms with Gasteiger partial charge in [0.25, 0.3) is 0 Å². The van der Waals surface area contributed by atoms with Crippen LogP contribution < -0.4 is 4.74 Å². The highest BCUT2D eigenvalue weighted by atomic mass is 19.4. The Morgan fingerprint density at radius 2 is 1.25 bits per heavy atom. The lowest BCUT2D eigenvalue weighted by molar-refractivity contribution is -0.275. The molecule has 0 saturated heterocycles. The van der Waals surface area contributed by atoms with Gasteiger partial charge in [-0.25, -0.2) is 24.5 Å². The van der Waals surface area contributed by atoms with Crippen LogP contribution in [-0.2, 0) is 22.2 Å². The number of halogens is 7. The molecule has 0 aliphatic heterocycles. The first kappa shape index (κ1) is 36.3. The number of amides is 2. The number of aromatic nitrogens is 3. The predicted octanol–water partition coefficient (Wildman–Crippen LogP) is 7.31. The molecule has 2 rings (SSSR count). The summed E-state index contributed by atoms with van der Waals surface area (Å²) in [7, 11) is 0. The maximum absolute atomic E-state index is 13.0. The summed E-state index contributed by atoms with van der Waals surface area (Å²) in [6, 6.07) is 0.981. The number of hydrogen-bond donors (Lipinski definition) is 0. The fraction of sp³-hybridized carbons (Fsp3) is 0.542. The zero-order valence-electron chi connectivity index (χ0n) is 23.0. The number of nitrogens with zero attached hydrogens (tertiary/aromatic N) is 4. The van der Waals surface area contributed by atoms with Crippen LogP contribution in [0.5, 0.6) is 5.75 Å². The Kier molecular flexibility index (Phi) is 12.3. The lowest BCUT2D eigenvalue weighted by Crippen LogP contribution is -2.43. The molecule has 0 atom stereocenters. The topological polar surface area (TPSA) is 104 Å². The van der Waals surface area contributed by atoms with E-state index in [9.17, 15) is 35.9 Å². The summed E-state index contributed by atoms with van der Waals surface area (Å²) in [5.41, 5.74) is -2.80. The summed E-state index contributed by atoms with van der Waals surface area (Å²) in [5, 5.41) is 0. The van der Waals surface area contributed by atoms with Gasteiger partial charge < -0.3 is 14.2 Å². The van der Waals surface area contributed by atoms with Crippen LogP contribution in [0, 0.1) is 0 Å². The zero-order chi connectivity index (χ0) is 30.4. The Bertz CT molecular complexity index is 1100. The minimum absolute atomic E-state index is 0. The Labute approximate surface area is 226 Å². The van der Waals surface area contributed by atoms with Gasteiger partial charge in [0.15, 0.2) is 5.75 Å². The van der Waals surface area contributed by atoms with Crippen molar-refractivity contribution in [1.29, 1.82) is 0 Å². The van der Waals surface area contributed by atoms with Gasteiger partial charge in [0.2, 0.25) is 5.82 Å². The minimum Gasteiger partial charge on any atom is -0.443 e. The van der Waals surface area contributed by atoms with Crippen molar-refractivity contribution < 1.29 is 54.8 Å². The van der Waals surface area contributed by atoms with E-state index >= 15 is 0 Å². The molecule has 0 aliphatic carbocycles. The zero-order valence-corrected chi connectivity index (χ0v) is 23.0. The van der Waals surface area contributed by atoms with Gasteiger partial charge in [0, 0.05) is 23.5 Å². The number of imide groups is 1. The van der Waals surface area contributed by atoms with Crippen molar-refractivity contribution in [2.45, 2.75) is 85.7 Å². The van der Waals surface area contributed by atoms with Crippen LogP contribution in [0.15, 0.2) is 24.7 Å². The van der Waals surface area contributed by atoms with Gasteiger partial charge >= 0.3 is 24.7 Å². The summed E-state index contributed by atoms with van der Waals surface area (Å²) >= 11 is 0. The number of hydrogen-bond acceptors (Lipinski definition) is 8. The van der Waals surface area contributed by atoms with Gasteiger partial charge in [0.05, 0.1) is 18.4 Å². The molecule has 2 heterocycles. The van der Waals surface area contributed by atoms with Crippen molar-refractivity contribution in [3.8, 4) is 17.0 Å². The van der Waals surface area contributed by atoms with Crippen LogP contribution >= 0.6 is 0 Å². The maximum atomic E-state index is 13.0. The molecule has 0 N–H and O–H groups in total. The van der Waals surface area contributed by atoms with E-state index in [1.165, 1.54) is 41.5 Å². The average molecular weight is 589 g/mol. The van der Waals surface area contributed by atoms with Crippen LogP contribution in [0.25, 0.3) is 11.3 Å². The second-order valence-corrected chi connectivity index (χ2v) is 9.57. The fourth-order valence-corrected chi connectivity index (χ4v) is 2.60. The molecule has 0 aromatic carbocycles. The smallest absolute Gasteiger partial charge is 0.443 e. The van der Waals surface area contributed by atoms with E-state index in [1.807, 2.05) is 13.8 Å². The summed E-state index contributed by atoms with van der Waals surface area (Å²) in [6.45, 7) is 12.2. The molecule has 0 radical (unpaired) electrons. The van der Waals surface area contributed by atoms with Gasteiger partial charge in [-0.3, -0.25) is 9.69 Å². The average Bonchev–Trinajstić information content (AvgIpc) is 2.75. The van der Waals surface area contributed by atoms with Crippen LogP contribution in [0.1, 0.15) is 66.8 Å². The second kappa shape index (κ2) is 13.6. The Balaban J connectivity index is 0.00000495. The van der Waals surface area contributed by atoms with Crippen LogP contribution in [0.4, 0.5) is 40.6 Å². The van der Waals surface area contributed by atoms with Crippen LogP contribution in [0.3, 0.4) is 0 Å². The van der Waals surface area contributed by atoms with Gasteiger partial charge in [-0.2, -0.15) is 13.2 Å². The number of rotatable bonds is 4. The van der Waals surface area contributed by atoms with Gasteiger partial charge in [-0.1, -0.05) is 13.8 Å². The number of carbonyl (C=O) groups is 2. The molecule has 0 aliphatic rings. The molecule has 0 bridgehead atoms. The van der Waals surface area contributed by atoms with Gasteiger partial charge in [0.1, 0.15) is 11.2 Å². The molecule has 226 valence electrons. The van der Waals surface area contributed by atoms with Crippen LogP contribution in [-0.4, -0.2) is 49.6 Å². The number of alkyl halides is 6. The number of pyridine rings is 1. The van der Waals surface area contributed by atoms with E-state index < -0.39 is 54.0 Å². The Morgan fingerprint density at radius 3 is 1.62 bits per heavy atom. The van der Waals surface area contributed by atoms with Crippen molar-refractivity contribution in [3.63, 3.8) is 0 Å². The van der Waals surface area contributed by atoms with E-state index in [0.717, 1.165) is 18.5 Å². The SMILES string of the molecule is CC.CC(C)(C)OC(=O)N(Cc1cc(-c2cnc(C(F)(F)F)nc2)ncc1OC(F)(F)F)C(=O)OC(C)(C)C.F. The Hall–Kier alpha value is -3.72. The molecule has 16 heteroatoms. The number of carbonyl (C=O) groups excluding carboxylic acids is 2. The highest BCUT2D eigenvalue weighted by Crippen LogP contribution is 2.31. The van der Waals surface area contributed by atoms with Crippen molar-refractivity contribution in [3.05, 3.63) is 36.0 Å². The maximum Gasteiger partial charge on any atom is 0.573 e. The molecular formula is C24H31F7N4O5. The molecule has 0 spiro atoms. The van der Waals surface area contributed by atoms with Gasteiger partial charge in [-0.15, -0.1) is 13.2 Å². The lowest BCUT2D eigenvalue weighted by Gasteiger charge is -2.29. The molecule has 2 amide bonds. The quantitative estimate of drug-likeness (QED) is 0.343. The largest absolute Gasteiger partial charge is 0.573 e. The molecule has 0 unspecified atom stereocenters. The second-order valence-electron chi connectivity index (χ2n) is 9.57. The standard InChI is InChI=1S/C22H24F6N4O5.C2H6.FH/c1-19(2,3)36-17(33)32(18(34)37-20(4,5)6)11-12-7-14(29-10-15(12)35-22(26,27)28)13-8-30-16(31-9-13)21(23,24)25;1-2;/h7-10H,11H2,1-6H3;1-2H3;1H. The molecular weight excluding hydrogens is 557 g/mol. The third kappa shape index (κ3) is 12.0. The van der Waals surface area contributed by atoms with Crippen molar-refractivity contribution in [2.24, 2.45) is 0 Å². The first-order chi connectivity index (χ1) is 17.6. The van der Waals surface area contributed by atoms with Crippen LogP contribution in [0.2, 0.25) is 0 Å².